The molecule has 18 nitrogen and oxygen atoms in total. The standard InChI is InChI=1S/C29H33I3N2O16/c1-11(35)44-8-18-21(30)24(33)23(32)25(22(18)31)34(28(42)26(49-16(6)40)19(47-14(4)38)9-45-12(2)36)29(43)27(50-17(7)41)20(48-15(5)39)10-46-13(3)37/h19-20,26-27H,8-10,33H2,1-7H3. The molecule has 0 saturated heterocycles. The number of rotatable bonds is 15. The van der Waals surface area contributed by atoms with Crippen LogP contribution in [0.1, 0.15) is 54.0 Å². The number of nitrogens with zero attached hydrogens (tertiary/aromatic N) is 1. The minimum Gasteiger partial charge on any atom is -0.462 e. The highest BCUT2D eigenvalue weighted by Gasteiger charge is 2.47. The van der Waals surface area contributed by atoms with Crippen LogP contribution in [0.4, 0.5) is 11.4 Å². The average Bonchev–Trinajstić information content (AvgIpc) is 2.98. The first-order valence-corrected chi connectivity index (χ1v) is 17.3. The van der Waals surface area contributed by atoms with Gasteiger partial charge in [-0.1, -0.05) is 0 Å². The molecule has 276 valence electrons. The van der Waals surface area contributed by atoms with Crippen molar-refractivity contribution in [2.45, 2.75) is 79.5 Å². The summed E-state index contributed by atoms with van der Waals surface area (Å²) in [7, 11) is 0. The third-order valence-corrected chi connectivity index (χ3v) is 9.27. The maximum atomic E-state index is 14.7. The van der Waals surface area contributed by atoms with Gasteiger partial charge in [0.1, 0.15) is 19.8 Å². The smallest absolute Gasteiger partial charge is 0.303 e. The molecule has 0 aliphatic carbocycles. The summed E-state index contributed by atoms with van der Waals surface area (Å²) in [6.45, 7) is 4.77. The summed E-state index contributed by atoms with van der Waals surface area (Å²) in [5.41, 5.74) is 6.26. The minimum absolute atomic E-state index is 0.0182. The van der Waals surface area contributed by atoms with Gasteiger partial charge in [-0.15, -0.1) is 0 Å². The van der Waals surface area contributed by atoms with Crippen LogP contribution in [-0.4, -0.2) is 91.2 Å². The van der Waals surface area contributed by atoms with E-state index in [-0.39, 0.29) is 24.1 Å². The molecule has 1 aromatic carbocycles. The lowest BCUT2D eigenvalue weighted by Gasteiger charge is -2.34. The van der Waals surface area contributed by atoms with Crippen molar-refractivity contribution in [1.29, 1.82) is 0 Å². The SMILES string of the molecule is CC(=O)OCc1c(I)c(N)c(I)c(N(C(=O)C(OC(C)=O)C(COC(C)=O)OC(C)=O)C(=O)C(OC(C)=O)C(COC(C)=O)OC(C)=O)c1I. The van der Waals surface area contributed by atoms with Crippen LogP contribution < -0.4 is 10.6 Å². The third-order valence-electron chi connectivity index (χ3n) is 5.79. The zero-order chi connectivity index (χ0) is 38.6. The van der Waals surface area contributed by atoms with Gasteiger partial charge in [0.25, 0.3) is 11.8 Å². The van der Waals surface area contributed by atoms with E-state index in [1.165, 1.54) is 0 Å². The quantitative estimate of drug-likeness (QED) is 0.114. The van der Waals surface area contributed by atoms with Gasteiger partial charge in [0.15, 0.2) is 12.2 Å². The lowest BCUT2D eigenvalue weighted by Crippen LogP contribution is -2.57. The molecule has 0 bridgehead atoms. The number of ether oxygens (including phenoxy) is 7. The number of nitrogen functional groups attached to an aromatic ring is 1. The van der Waals surface area contributed by atoms with Crippen molar-refractivity contribution in [2.75, 3.05) is 23.8 Å². The van der Waals surface area contributed by atoms with Crippen LogP contribution in [0.3, 0.4) is 0 Å². The van der Waals surface area contributed by atoms with E-state index in [4.69, 9.17) is 38.9 Å². The molecule has 0 radical (unpaired) electrons. The summed E-state index contributed by atoms with van der Waals surface area (Å²) in [4.78, 5) is 114. The number of anilines is 2. The second-order valence-electron chi connectivity index (χ2n) is 9.94. The Morgan fingerprint density at radius 3 is 1.22 bits per heavy atom. The molecule has 4 unspecified atom stereocenters. The molecule has 21 heteroatoms. The molecular weight excluding hydrogens is 1010 g/mol. The summed E-state index contributed by atoms with van der Waals surface area (Å²) in [5.74, 6) is -9.58. The predicted octanol–water partition coefficient (Wildman–Crippen LogP) is 1.86. The van der Waals surface area contributed by atoms with Crippen LogP contribution in [-0.2, 0) is 82.9 Å². The Kier molecular flexibility index (Phi) is 18.3. The van der Waals surface area contributed by atoms with Crippen molar-refractivity contribution in [1.82, 2.24) is 0 Å². The van der Waals surface area contributed by atoms with E-state index >= 15 is 0 Å². The molecule has 0 aliphatic rings. The van der Waals surface area contributed by atoms with Crippen molar-refractivity contribution in [2.24, 2.45) is 0 Å². The third kappa shape index (κ3) is 13.4. The highest BCUT2D eigenvalue weighted by molar-refractivity contribution is 14.1. The Hall–Kier alpha value is -3.36. The number of hydrogen-bond acceptors (Lipinski definition) is 17. The van der Waals surface area contributed by atoms with Crippen LogP contribution in [0.25, 0.3) is 0 Å². The fraction of sp³-hybridized carbons (Fsp3) is 0.483. The number of benzene rings is 1. The highest BCUT2D eigenvalue weighted by atomic mass is 127. The molecular formula is C29H33I3N2O16. The van der Waals surface area contributed by atoms with Gasteiger partial charge in [-0.05, 0) is 67.8 Å². The number of carbonyl (C=O) groups is 9. The Bertz CT molecular complexity index is 1480. The van der Waals surface area contributed by atoms with Gasteiger partial charge in [0, 0.05) is 61.2 Å². The number of nitrogens with two attached hydrogens (primary N) is 1. The number of imide groups is 1. The lowest BCUT2D eigenvalue weighted by atomic mass is 10.1. The summed E-state index contributed by atoms with van der Waals surface area (Å²) in [5, 5.41) is 0. The number of hydrogen-bond donors (Lipinski definition) is 1. The van der Waals surface area contributed by atoms with E-state index in [9.17, 15) is 43.2 Å². The van der Waals surface area contributed by atoms with E-state index in [2.05, 4.69) is 0 Å². The van der Waals surface area contributed by atoms with E-state index < -0.39 is 97.8 Å². The Labute approximate surface area is 326 Å². The first kappa shape index (κ1) is 44.7. The second-order valence-corrected chi connectivity index (χ2v) is 13.2. The molecule has 0 spiro atoms. The van der Waals surface area contributed by atoms with Crippen LogP contribution in [0.2, 0.25) is 0 Å². The molecule has 0 saturated carbocycles. The van der Waals surface area contributed by atoms with Crippen molar-refractivity contribution in [3.05, 3.63) is 16.3 Å². The molecule has 0 aliphatic heterocycles. The molecule has 0 heterocycles. The van der Waals surface area contributed by atoms with E-state index in [0.29, 0.717) is 8.47 Å². The van der Waals surface area contributed by atoms with Crippen LogP contribution >= 0.6 is 67.8 Å². The Morgan fingerprint density at radius 2 is 0.900 bits per heavy atom. The maximum Gasteiger partial charge on any atom is 0.303 e. The van der Waals surface area contributed by atoms with Crippen molar-refractivity contribution in [3.63, 3.8) is 0 Å². The molecule has 4 atom stereocenters. The number of amides is 2. The van der Waals surface area contributed by atoms with Gasteiger partial charge in [0.05, 0.1) is 14.9 Å². The van der Waals surface area contributed by atoms with Gasteiger partial charge >= 0.3 is 41.8 Å². The first-order chi connectivity index (χ1) is 23.1. The predicted molar refractivity (Wildman–Crippen MR) is 192 cm³/mol. The van der Waals surface area contributed by atoms with E-state index in [0.717, 1.165) is 48.5 Å². The summed E-state index contributed by atoms with van der Waals surface area (Å²) in [6, 6.07) is 0. The Balaban J connectivity index is 4.34. The summed E-state index contributed by atoms with van der Waals surface area (Å²) in [6.07, 6.45) is -8.14. The topological polar surface area (TPSA) is 247 Å². The zero-order valence-corrected chi connectivity index (χ0v) is 34.1. The number of carbonyl (C=O) groups excluding carboxylic acids is 9. The molecule has 1 rings (SSSR count). The molecule has 1 aromatic rings. The fourth-order valence-corrected chi connectivity index (χ4v) is 7.88. The maximum absolute atomic E-state index is 14.7. The highest BCUT2D eigenvalue weighted by Crippen LogP contribution is 2.41. The second kappa shape index (κ2) is 20.5. The lowest BCUT2D eigenvalue weighted by molar-refractivity contribution is -0.179. The van der Waals surface area contributed by atoms with Gasteiger partial charge in [0.2, 0.25) is 12.2 Å². The number of halogens is 3. The van der Waals surface area contributed by atoms with Crippen LogP contribution in [0.5, 0.6) is 0 Å². The number of esters is 7. The molecule has 50 heavy (non-hydrogen) atoms. The van der Waals surface area contributed by atoms with Gasteiger partial charge in [-0.3, -0.25) is 43.2 Å². The molecule has 0 fully saturated rings. The largest absolute Gasteiger partial charge is 0.462 e. The van der Waals surface area contributed by atoms with Gasteiger partial charge in [-0.25, -0.2) is 4.90 Å². The Morgan fingerprint density at radius 1 is 0.540 bits per heavy atom. The van der Waals surface area contributed by atoms with Crippen molar-refractivity contribution < 1.29 is 76.3 Å². The van der Waals surface area contributed by atoms with Gasteiger partial charge < -0.3 is 38.9 Å². The van der Waals surface area contributed by atoms with E-state index in [1.807, 2.05) is 22.6 Å². The van der Waals surface area contributed by atoms with Crippen LogP contribution in [0, 0.1) is 10.7 Å². The minimum atomic E-state index is -2.22. The van der Waals surface area contributed by atoms with Gasteiger partial charge in [-0.2, -0.15) is 0 Å². The van der Waals surface area contributed by atoms with Crippen molar-refractivity contribution in [3.8, 4) is 0 Å². The van der Waals surface area contributed by atoms with E-state index in [1.54, 1.807) is 45.2 Å². The molecule has 2 amide bonds. The van der Waals surface area contributed by atoms with Crippen molar-refractivity contribution >= 4 is 133 Å². The average molecular weight is 1050 g/mol. The normalized spacial score (nSPS) is 12.9. The zero-order valence-electron chi connectivity index (χ0n) is 27.6. The first-order valence-electron chi connectivity index (χ1n) is 14.0. The molecule has 0 aromatic heterocycles. The summed E-state index contributed by atoms with van der Waals surface area (Å²) < 4.78 is 36.4. The monoisotopic (exact) mass is 1050 g/mol. The fourth-order valence-electron chi connectivity index (χ4n) is 3.92. The molecule has 2 N–H and O–H groups in total. The van der Waals surface area contributed by atoms with Crippen LogP contribution in [0.15, 0.2) is 0 Å². The summed E-state index contributed by atoms with van der Waals surface area (Å²) >= 11 is 5.29.